The van der Waals surface area contributed by atoms with Crippen molar-refractivity contribution in [1.82, 2.24) is 0 Å². The molecule has 0 aliphatic rings. The molecule has 0 aliphatic heterocycles. The van der Waals surface area contributed by atoms with Crippen LogP contribution in [-0.2, 0) is 28.5 Å². The van der Waals surface area contributed by atoms with Gasteiger partial charge in [-0.15, -0.1) is 0 Å². The predicted octanol–water partition coefficient (Wildman–Crippen LogP) is 2.82. The van der Waals surface area contributed by atoms with E-state index in [0.29, 0.717) is 24.4 Å². The number of carbonyl (C=O) groups excluding carboxylic acids is 2. The van der Waals surface area contributed by atoms with E-state index in [-0.39, 0.29) is 13.2 Å². The van der Waals surface area contributed by atoms with Gasteiger partial charge in [-0.1, -0.05) is 13.2 Å². The molecule has 0 heterocycles. The molecule has 0 aromatic heterocycles. The molecule has 0 unspecified atom stereocenters. The van der Waals surface area contributed by atoms with Gasteiger partial charge in [0.1, 0.15) is 11.2 Å². The number of rotatable bonds is 11. The molecule has 0 aliphatic carbocycles. The SMILES string of the molecule is C=C(C)C(=O)OC(C)(C)COCCOCC(C)(C)OC(=O)C(=C)C. The lowest BCUT2D eigenvalue weighted by atomic mass is 10.1. The summed E-state index contributed by atoms with van der Waals surface area (Å²) in [7, 11) is 0. The maximum absolute atomic E-state index is 11.5. The molecule has 0 radical (unpaired) electrons. The van der Waals surface area contributed by atoms with Gasteiger partial charge in [0.15, 0.2) is 0 Å². The first-order valence-corrected chi connectivity index (χ1v) is 7.79. The molecule has 0 N–H and O–H groups in total. The lowest BCUT2D eigenvalue weighted by Crippen LogP contribution is -2.35. The van der Waals surface area contributed by atoms with Gasteiger partial charge in [-0.3, -0.25) is 0 Å². The number of hydrogen-bond donors (Lipinski definition) is 0. The van der Waals surface area contributed by atoms with Gasteiger partial charge in [0.25, 0.3) is 0 Å². The van der Waals surface area contributed by atoms with Crippen molar-refractivity contribution in [3.8, 4) is 0 Å². The summed E-state index contributed by atoms with van der Waals surface area (Å²) < 4.78 is 21.4. The summed E-state index contributed by atoms with van der Waals surface area (Å²) in [5.74, 6) is -0.887. The summed E-state index contributed by atoms with van der Waals surface area (Å²) in [6.45, 7) is 18.4. The Balaban J connectivity index is 3.98. The highest BCUT2D eigenvalue weighted by Crippen LogP contribution is 2.13. The van der Waals surface area contributed by atoms with Gasteiger partial charge in [-0.05, 0) is 41.5 Å². The van der Waals surface area contributed by atoms with E-state index in [4.69, 9.17) is 18.9 Å². The van der Waals surface area contributed by atoms with Gasteiger partial charge in [0.2, 0.25) is 0 Å². The molecule has 0 aromatic rings. The molecule has 0 amide bonds. The van der Waals surface area contributed by atoms with Crippen LogP contribution in [0.4, 0.5) is 0 Å². The van der Waals surface area contributed by atoms with Crippen molar-refractivity contribution in [3.05, 3.63) is 24.3 Å². The van der Waals surface area contributed by atoms with E-state index in [0.717, 1.165) is 0 Å². The standard InChI is InChI=1S/C18H30O6/c1-13(2)15(19)23-17(5,6)11-21-9-10-22-12-18(7,8)24-16(20)14(3)4/h1,3,9-12H2,2,4-8H3. The third-order valence-corrected chi connectivity index (χ3v) is 2.71. The second-order valence-electron chi connectivity index (χ2n) is 6.96. The van der Waals surface area contributed by atoms with Crippen LogP contribution in [0, 0.1) is 0 Å². The molecule has 0 saturated carbocycles. The maximum atomic E-state index is 11.5. The minimum atomic E-state index is -0.744. The summed E-state index contributed by atoms with van der Waals surface area (Å²) >= 11 is 0. The maximum Gasteiger partial charge on any atom is 0.333 e. The second-order valence-corrected chi connectivity index (χ2v) is 6.96. The third kappa shape index (κ3) is 10.2. The van der Waals surface area contributed by atoms with E-state index in [2.05, 4.69) is 13.2 Å². The Bertz CT molecular complexity index is 432. The van der Waals surface area contributed by atoms with Crippen LogP contribution in [0.15, 0.2) is 24.3 Å². The zero-order valence-corrected chi connectivity index (χ0v) is 15.7. The highest BCUT2D eigenvalue weighted by molar-refractivity contribution is 5.87. The van der Waals surface area contributed by atoms with Crippen LogP contribution < -0.4 is 0 Å². The van der Waals surface area contributed by atoms with E-state index in [1.807, 2.05) is 0 Å². The average Bonchev–Trinajstić information content (AvgIpc) is 2.41. The third-order valence-electron chi connectivity index (χ3n) is 2.71. The minimum Gasteiger partial charge on any atom is -0.454 e. The number of hydrogen-bond acceptors (Lipinski definition) is 6. The van der Waals surface area contributed by atoms with Crippen molar-refractivity contribution < 1.29 is 28.5 Å². The number of esters is 2. The molecule has 6 heteroatoms. The normalized spacial score (nSPS) is 11.8. The first kappa shape index (κ1) is 22.3. The highest BCUT2D eigenvalue weighted by Gasteiger charge is 2.25. The van der Waals surface area contributed by atoms with Gasteiger partial charge in [0, 0.05) is 11.1 Å². The fourth-order valence-corrected chi connectivity index (χ4v) is 1.49. The fraction of sp³-hybridized carbons (Fsp3) is 0.667. The Morgan fingerprint density at radius 1 is 0.750 bits per heavy atom. The van der Waals surface area contributed by atoms with Crippen LogP contribution in [-0.4, -0.2) is 49.6 Å². The summed E-state index contributed by atoms with van der Waals surface area (Å²) in [6, 6.07) is 0. The van der Waals surface area contributed by atoms with Crippen molar-refractivity contribution in [2.24, 2.45) is 0 Å². The van der Waals surface area contributed by atoms with Crippen molar-refractivity contribution >= 4 is 11.9 Å². The number of carbonyl (C=O) groups is 2. The lowest BCUT2D eigenvalue weighted by Gasteiger charge is -2.26. The van der Waals surface area contributed by atoms with Gasteiger partial charge in [-0.25, -0.2) is 9.59 Å². The molecule has 0 bridgehead atoms. The number of ether oxygens (including phenoxy) is 4. The first-order valence-electron chi connectivity index (χ1n) is 7.79. The van der Waals surface area contributed by atoms with Crippen LogP contribution in [0.2, 0.25) is 0 Å². The molecule has 0 aromatic carbocycles. The Kier molecular flexibility index (Phi) is 8.93. The van der Waals surface area contributed by atoms with E-state index in [9.17, 15) is 9.59 Å². The Morgan fingerprint density at radius 2 is 1.04 bits per heavy atom. The van der Waals surface area contributed by atoms with Crippen molar-refractivity contribution in [2.75, 3.05) is 26.4 Å². The predicted molar refractivity (Wildman–Crippen MR) is 91.6 cm³/mol. The van der Waals surface area contributed by atoms with Crippen LogP contribution in [0.25, 0.3) is 0 Å². The Labute approximate surface area is 144 Å². The van der Waals surface area contributed by atoms with Crippen LogP contribution in [0.5, 0.6) is 0 Å². The van der Waals surface area contributed by atoms with E-state index in [1.165, 1.54) is 0 Å². The summed E-state index contributed by atoms with van der Waals surface area (Å²) in [5.41, 5.74) is -0.797. The van der Waals surface area contributed by atoms with Crippen LogP contribution in [0.1, 0.15) is 41.5 Å². The smallest absolute Gasteiger partial charge is 0.333 e. The molecule has 6 nitrogen and oxygen atoms in total. The van der Waals surface area contributed by atoms with Crippen molar-refractivity contribution in [2.45, 2.75) is 52.7 Å². The molecule has 138 valence electrons. The minimum absolute atomic E-state index is 0.240. The van der Waals surface area contributed by atoms with E-state index in [1.54, 1.807) is 41.5 Å². The largest absolute Gasteiger partial charge is 0.454 e. The zero-order chi connectivity index (χ0) is 19.0. The molecular formula is C18H30O6. The topological polar surface area (TPSA) is 71.1 Å². The molecular weight excluding hydrogens is 312 g/mol. The quantitative estimate of drug-likeness (QED) is 0.327. The molecule has 0 atom stereocenters. The van der Waals surface area contributed by atoms with Crippen molar-refractivity contribution in [1.29, 1.82) is 0 Å². The van der Waals surface area contributed by atoms with E-state index < -0.39 is 23.1 Å². The van der Waals surface area contributed by atoms with Crippen molar-refractivity contribution in [3.63, 3.8) is 0 Å². The molecule has 0 fully saturated rings. The Morgan fingerprint density at radius 3 is 1.29 bits per heavy atom. The van der Waals surface area contributed by atoms with Gasteiger partial charge >= 0.3 is 11.9 Å². The van der Waals surface area contributed by atoms with E-state index >= 15 is 0 Å². The summed E-state index contributed by atoms with van der Waals surface area (Å²) in [6.07, 6.45) is 0. The molecule has 24 heavy (non-hydrogen) atoms. The molecule has 0 rings (SSSR count). The van der Waals surface area contributed by atoms with Gasteiger partial charge in [-0.2, -0.15) is 0 Å². The zero-order valence-electron chi connectivity index (χ0n) is 15.7. The van der Waals surface area contributed by atoms with Gasteiger partial charge < -0.3 is 18.9 Å². The summed E-state index contributed by atoms with van der Waals surface area (Å²) in [4.78, 5) is 23.0. The van der Waals surface area contributed by atoms with Crippen LogP contribution >= 0.6 is 0 Å². The van der Waals surface area contributed by atoms with Crippen LogP contribution in [0.3, 0.4) is 0 Å². The fourth-order valence-electron chi connectivity index (χ4n) is 1.49. The second kappa shape index (κ2) is 9.59. The highest BCUT2D eigenvalue weighted by atomic mass is 16.6. The molecule has 0 spiro atoms. The average molecular weight is 342 g/mol. The monoisotopic (exact) mass is 342 g/mol. The first-order chi connectivity index (χ1) is 10.9. The summed E-state index contributed by atoms with van der Waals surface area (Å²) in [5, 5.41) is 0. The Hall–Kier alpha value is -1.66. The lowest BCUT2D eigenvalue weighted by molar-refractivity contribution is -0.161. The molecule has 0 saturated heterocycles. The van der Waals surface area contributed by atoms with Gasteiger partial charge in [0.05, 0.1) is 26.4 Å².